The lowest BCUT2D eigenvalue weighted by Crippen LogP contribution is -2.36. The number of anilines is 1. The lowest BCUT2D eigenvalue weighted by atomic mass is 10.2. The summed E-state index contributed by atoms with van der Waals surface area (Å²) in [5.74, 6) is 1.43. The molecule has 0 spiro atoms. The number of benzene rings is 2. The standard InChI is InChI=1S/C21H26N2O2S/c1-17-2-4-19(5-3-17)15-26-16-21(24)22-14-18-6-8-20(9-7-18)23-10-12-25-13-11-23/h2-9H,10-16H2,1H3,(H,22,24). The molecule has 0 atom stereocenters. The summed E-state index contributed by atoms with van der Waals surface area (Å²) in [6.07, 6.45) is 0. The van der Waals surface area contributed by atoms with E-state index in [-0.39, 0.29) is 5.91 Å². The Balaban J connectivity index is 1.37. The molecule has 0 bridgehead atoms. The Hall–Kier alpha value is -1.98. The predicted octanol–water partition coefficient (Wildman–Crippen LogP) is 3.38. The van der Waals surface area contributed by atoms with Crippen molar-refractivity contribution in [2.45, 2.75) is 19.2 Å². The molecule has 1 N–H and O–H groups in total. The molecule has 3 rings (SSSR count). The van der Waals surface area contributed by atoms with Gasteiger partial charge in [0, 0.05) is 31.1 Å². The number of aryl methyl sites for hydroxylation is 1. The van der Waals surface area contributed by atoms with Crippen LogP contribution in [0.5, 0.6) is 0 Å². The molecule has 5 heteroatoms. The van der Waals surface area contributed by atoms with Crippen molar-refractivity contribution in [3.63, 3.8) is 0 Å². The summed E-state index contributed by atoms with van der Waals surface area (Å²) in [5.41, 5.74) is 4.86. The van der Waals surface area contributed by atoms with E-state index in [1.807, 2.05) is 0 Å². The molecule has 26 heavy (non-hydrogen) atoms. The van der Waals surface area contributed by atoms with Crippen LogP contribution in [0.1, 0.15) is 16.7 Å². The number of hydrogen-bond donors (Lipinski definition) is 1. The van der Waals surface area contributed by atoms with Crippen molar-refractivity contribution in [2.75, 3.05) is 37.0 Å². The highest BCUT2D eigenvalue weighted by Gasteiger charge is 2.10. The zero-order chi connectivity index (χ0) is 18.2. The van der Waals surface area contributed by atoms with E-state index in [1.165, 1.54) is 16.8 Å². The van der Waals surface area contributed by atoms with Crippen molar-refractivity contribution in [3.05, 3.63) is 65.2 Å². The van der Waals surface area contributed by atoms with Gasteiger partial charge in [0.25, 0.3) is 0 Å². The molecule has 138 valence electrons. The average Bonchev–Trinajstić information content (AvgIpc) is 2.69. The van der Waals surface area contributed by atoms with E-state index >= 15 is 0 Å². The van der Waals surface area contributed by atoms with Crippen LogP contribution in [0.25, 0.3) is 0 Å². The van der Waals surface area contributed by atoms with Crippen LogP contribution in [0.15, 0.2) is 48.5 Å². The van der Waals surface area contributed by atoms with E-state index < -0.39 is 0 Å². The largest absolute Gasteiger partial charge is 0.378 e. The van der Waals surface area contributed by atoms with Gasteiger partial charge in [0.2, 0.25) is 5.91 Å². The first kappa shape index (κ1) is 18.8. The van der Waals surface area contributed by atoms with Gasteiger partial charge >= 0.3 is 0 Å². The molecule has 0 aromatic heterocycles. The summed E-state index contributed by atoms with van der Waals surface area (Å²) < 4.78 is 5.38. The number of carbonyl (C=O) groups excluding carboxylic acids is 1. The van der Waals surface area contributed by atoms with Crippen molar-refractivity contribution < 1.29 is 9.53 Å². The van der Waals surface area contributed by atoms with Gasteiger partial charge in [0.05, 0.1) is 19.0 Å². The number of thioether (sulfide) groups is 1. The van der Waals surface area contributed by atoms with Crippen LogP contribution >= 0.6 is 11.8 Å². The van der Waals surface area contributed by atoms with Crippen LogP contribution in [-0.4, -0.2) is 38.0 Å². The van der Waals surface area contributed by atoms with Gasteiger partial charge in [0.1, 0.15) is 0 Å². The summed E-state index contributed by atoms with van der Waals surface area (Å²) >= 11 is 1.65. The van der Waals surface area contributed by atoms with Crippen LogP contribution in [0, 0.1) is 6.92 Å². The molecule has 1 heterocycles. The lowest BCUT2D eigenvalue weighted by molar-refractivity contribution is -0.118. The van der Waals surface area contributed by atoms with Crippen molar-refractivity contribution >= 4 is 23.4 Å². The minimum atomic E-state index is 0.0827. The van der Waals surface area contributed by atoms with Gasteiger partial charge in [-0.1, -0.05) is 42.0 Å². The summed E-state index contributed by atoms with van der Waals surface area (Å²) in [6.45, 7) is 6.11. The fraction of sp³-hybridized carbons (Fsp3) is 0.381. The molecular weight excluding hydrogens is 344 g/mol. The number of amides is 1. The SMILES string of the molecule is Cc1ccc(CSCC(=O)NCc2ccc(N3CCOCC3)cc2)cc1. The molecule has 0 unspecified atom stereocenters. The molecule has 1 aliphatic heterocycles. The van der Waals surface area contributed by atoms with E-state index in [4.69, 9.17) is 4.74 Å². The minimum absolute atomic E-state index is 0.0827. The first-order valence-electron chi connectivity index (χ1n) is 9.02. The summed E-state index contributed by atoms with van der Waals surface area (Å²) in [5, 5.41) is 3.00. The molecule has 1 fully saturated rings. The van der Waals surface area contributed by atoms with Crippen LogP contribution in [0.3, 0.4) is 0 Å². The first-order valence-corrected chi connectivity index (χ1v) is 10.2. The Morgan fingerprint density at radius 3 is 2.38 bits per heavy atom. The Labute approximate surface area is 159 Å². The maximum absolute atomic E-state index is 12.0. The highest BCUT2D eigenvalue weighted by Crippen LogP contribution is 2.17. The quantitative estimate of drug-likeness (QED) is 0.811. The predicted molar refractivity (Wildman–Crippen MR) is 109 cm³/mol. The maximum atomic E-state index is 12.0. The van der Waals surface area contributed by atoms with E-state index in [2.05, 4.69) is 65.7 Å². The zero-order valence-corrected chi connectivity index (χ0v) is 16.1. The molecule has 0 radical (unpaired) electrons. The fourth-order valence-electron chi connectivity index (χ4n) is 2.84. The number of hydrogen-bond acceptors (Lipinski definition) is 4. The van der Waals surface area contributed by atoms with Gasteiger partial charge in [-0.15, -0.1) is 11.8 Å². The molecule has 0 aliphatic carbocycles. The second kappa shape index (κ2) is 9.64. The number of carbonyl (C=O) groups is 1. The van der Waals surface area contributed by atoms with Gasteiger partial charge in [0.15, 0.2) is 0 Å². The highest BCUT2D eigenvalue weighted by molar-refractivity contribution is 7.99. The third kappa shape index (κ3) is 5.78. The fourth-order valence-corrected chi connectivity index (χ4v) is 3.66. The number of morpholine rings is 1. The van der Waals surface area contributed by atoms with E-state index in [9.17, 15) is 4.79 Å². The number of nitrogens with zero attached hydrogens (tertiary/aromatic N) is 1. The monoisotopic (exact) mass is 370 g/mol. The summed E-state index contributed by atoms with van der Waals surface area (Å²) in [6, 6.07) is 16.9. The Bertz CT molecular complexity index is 695. The van der Waals surface area contributed by atoms with Gasteiger partial charge < -0.3 is 15.0 Å². The molecule has 0 saturated carbocycles. The first-order chi connectivity index (χ1) is 12.7. The van der Waals surface area contributed by atoms with Crippen molar-refractivity contribution in [1.82, 2.24) is 5.32 Å². The number of nitrogens with one attached hydrogen (secondary N) is 1. The summed E-state index contributed by atoms with van der Waals surface area (Å²) in [7, 11) is 0. The van der Waals surface area contributed by atoms with Gasteiger partial charge in [-0.25, -0.2) is 0 Å². The molecule has 1 amide bonds. The van der Waals surface area contributed by atoms with Crippen molar-refractivity contribution in [1.29, 1.82) is 0 Å². The zero-order valence-electron chi connectivity index (χ0n) is 15.2. The van der Waals surface area contributed by atoms with E-state index in [1.54, 1.807) is 11.8 Å². The molecule has 2 aromatic carbocycles. The van der Waals surface area contributed by atoms with Crippen LogP contribution in [0.4, 0.5) is 5.69 Å². The molecular formula is C21H26N2O2S. The normalized spacial score (nSPS) is 14.3. The topological polar surface area (TPSA) is 41.6 Å². The Morgan fingerprint density at radius 2 is 1.69 bits per heavy atom. The second-order valence-corrected chi connectivity index (χ2v) is 7.51. The molecule has 2 aromatic rings. The summed E-state index contributed by atoms with van der Waals surface area (Å²) in [4.78, 5) is 14.3. The lowest BCUT2D eigenvalue weighted by Gasteiger charge is -2.28. The van der Waals surface area contributed by atoms with Gasteiger partial charge in [-0.3, -0.25) is 4.79 Å². The van der Waals surface area contributed by atoms with Crippen LogP contribution in [-0.2, 0) is 21.8 Å². The molecule has 1 aliphatic rings. The average molecular weight is 371 g/mol. The Kier molecular flexibility index (Phi) is 6.97. The smallest absolute Gasteiger partial charge is 0.230 e. The third-order valence-corrected chi connectivity index (χ3v) is 5.43. The van der Waals surface area contributed by atoms with E-state index in [0.29, 0.717) is 12.3 Å². The van der Waals surface area contributed by atoms with Gasteiger partial charge in [-0.05, 0) is 30.2 Å². The number of rotatable bonds is 7. The van der Waals surface area contributed by atoms with Crippen LogP contribution in [0.2, 0.25) is 0 Å². The maximum Gasteiger partial charge on any atom is 0.230 e. The molecule has 1 saturated heterocycles. The van der Waals surface area contributed by atoms with Crippen molar-refractivity contribution in [2.24, 2.45) is 0 Å². The third-order valence-electron chi connectivity index (χ3n) is 4.42. The second-order valence-electron chi connectivity index (χ2n) is 6.52. The van der Waals surface area contributed by atoms with Gasteiger partial charge in [-0.2, -0.15) is 0 Å². The Morgan fingerprint density at radius 1 is 1.04 bits per heavy atom. The van der Waals surface area contributed by atoms with Crippen LogP contribution < -0.4 is 10.2 Å². The number of ether oxygens (including phenoxy) is 1. The minimum Gasteiger partial charge on any atom is -0.378 e. The molecule has 4 nitrogen and oxygen atoms in total. The van der Waals surface area contributed by atoms with E-state index in [0.717, 1.165) is 37.6 Å². The van der Waals surface area contributed by atoms with Crippen molar-refractivity contribution in [3.8, 4) is 0 Å². The highest BCUT2D eigenvalue weighted by atomic mass is 32.2.